The molecule has 0 aliphatic carbocycles. The van der Waals surface area contributed by atoms with Crippen molar-refractivity contribution in [3.8, 4) is 0 Å². The van der Waals surface area contributed by atoms with Gasteiger partial charge in [-0.3, -0.25) is 14.4 Å². The number of fused-ring (bicyclic) bond motifs is 1. The molecular formula is C27H34N2O5S. The van der Waals surface area contributed by atoms with Gasteiger partial charge in [-0.15, -0.1) is 18.3 Å². The summed E-state index contributed by atoms with van der Waals surface area (Å²) in [6.07, 6.45) is 3.93. The van der Waals surface area contributed by atoms with E-state index in [0.717, 1.165) is 12.0 Å². The van der Waals surface area contributed by atoms with Crippen molar-refractivity contribution in [2.75, 3.05) is 19.8 Å². The molecule has 3 aliphatic rings. The third kappa shape index (κ3) is 4.10. The Kier molecular flexibility index (Phi) is 7.43. The van der Waals surface area contributed by atoms with Crippen molar-refractivity contribution in [1.29, 1.82) is 0 Å². The number of hydrogen-bond acceptors (Lipinski definition) is 6. The topological polar surface area (TPSA) is 87.2 Å². The van der Waals surface area contributed by atoms with E-state index >= 15 is 0 Å². The summed E-state index contributed by atoms with van der Waals surface area (Å²) in [6.45, 7) is 11.8. The van der Waals surface area contributed by atoms with Gasteiger partial charge < -0.3 is 19.6 Å². The predicted octanol–water partition coefficient (Wildman–Crippen LogP) is 2.65. The molecule has 7 atom stereocenters. The number of likely N-dealkylation sites (tertiary alicyclic amines) is 1. The van der Waals surface area contributed by atoms with Crippen LogP contribution in [0.25, 0.3) is 0 Å². The van der Waals surface area contributed by atoms with Crippen molar-refractivity contribution < 1.29 is 24.2 Å². The van der Waals surface area contributed by atoms with Crippen LogP contribution in [0.4, 0.5) is 0 Å². The Bertz CT molecular complexity index is 1000. The molecule has 3 saturated heterocycles. The molecular weight excluding hydrogens is 464 g/mol. The minimum absolute atomic E-state index is 0.0436. The van der Waals surface area contributed by atoms with Crippen molar-refractivity contribution in [1.82, 2.24) is 9.80 Å². The molecule has 1 aromatic rings. The number of aliphatic hydroxyl groups is 1. The monoisotopic (exact) mass is 498 g/mol. The zero-order chi connectivity index (χ0) is 25.3. The van der Waals surface area contributed by atoms with Crippen molar-refractivity contribution in [3.05, 3.63) is 61.2 Å². The number of carbonyl (C=O) groups excluding carboxylic acids is 3. The Morgan fingerprint density at radius 3 is 2.66 bits per heavy atom. The fourth-order valence-electron chi connectivity index (χ4n) is 6.17. The lowest BCUT2D eigenvalue weighted by Crippen LogP contribution is -2.58. The molecule has 7 nitrogen and oxygen atoms in total. The Morgan fingerprint density at radius 2 is 2.03 bits per heavy atom. The van der Waals surface area contributed by atoms with Gasteiger partial charge in [-0.2, -0.15) is 0 Å². The van der Waals surface area contributed by atoms with E-state index in [1.807, 2.05) is 30.3 Å². The first-order valence-corrected chi connectivity index (χ1v) is 13.0. The van der Waals surface area contributed by atoms with Crippen molar-refractivity contribution in [3.63, 3.8) is 0 Å². The lowest BCUT2D eigenvalue weighted by molar-refractivity contribution is -0.154. The van der Waals surface area contributed by atoms with Crippen molar-refractivity contribution in [2.24, 2.45) is 17.8 Å². The van der Waals surface area contributed by atoms with Crippen LogP contribution in [0, 0.1) is 17.8 Å². The standard InChI is InChI=1S/C27H34N2O5S/c1-5-12-28(15-19-10-8-7-9-11-19)25(32)23-27-17(3)14-20(35-27)21(26(33)34-13-6-2)22(27)24(31)29(23)18(4)16-30/h5-11,17-18,20-23,30H,1-2,12-16H2,3-4H3/t17?,18-,20+,21-,22+,23?,27?/m1/s1. The number of rotatable bonds is 10. The second-order valence-electron chi connectivity index (χ2n) is 9.74. The number of benzene rings is 1. The third-order valence-corrected chi connectivity index (χ3v) is 9.73. The third-order valence-electron chi connectivity index (χ3n) is 7.65. The molecule has 188 valence electrons. The van der Waals surface area contributed by atoms with Gasteiger partial charge >= 0.3 is 5.97 Å². The molecule has 3 fully saturated rings. The van der Waals surface area contributed by atoms with E-state index in [9.17, 15) is 19.5 Å². The molecule has 2 amide bonds. The fraction of sp³-hybridized carbons (Fsp3) is 0.519. The summed E-state index contributed by atoms with van der Waals surface area (Å²) in [7, 11) is 0. The number of ether oxygens (including phenoxy) is 1. The number of esters is 1. The number of carbonyl (C=O) groups is 3. The zero-order valence-electron chi connectivity index (χ0n) is 20.3. The highest BCUT2D eigenvalue weighted by atomic mass is 32.2. The van der Waals surface area contributed by atoms with E-state index in [4.69, 9.17) is 4.74 Å². The van der Waals surface area contributed by atoms with Crippen LogP contribution >= 0.6 is 11.8 Å². The van der Waals surface area contributed by atoms with Gasteiger partial charge in [0.2, 0.25) is 11.8 Å². The zero-order valence-corrected chi connectivity index (χ0v) is 21.2. The molecule has 1 spiro atoms. The summed E-state index contributed by atoms with van der Waals surface area (Å²) in [6, 6.07) is 8.36. The maximum atomic E-state index is 14.3. The minimum Gasteiger partial charge on any atom is -0.461 e. The van der Waals surface area contributed by atoms with E-state index in [1.165, 1.54) is 6.08 Å². The summed E-state index contributed by atoms with van der Waals surface area (Å²) in [5.74, 6) is -2.07. The summed E-state index contributed by atoms with van der Waals surface area (Å²) < 4.78 is 4.65. The lowest BCUT2D eigenvalue weighted by Gasteiger charge is -2.41. The van der Waals surface area contributed by atoms with Crippen LogP contribution in [-0.4, -0.2) is 74.5 Å². The van der Waals surface area contributed by atoms with Crippen LogP contribution in [0.3, 0.4) is 0 Å². The molecule has 1 aromatic carbocycles. The number of nitrogens with zero attached hydrogens (tertiary/aromatic N) is 2. The van der Waals surface area contributed by atoms with Gasteiger partial charge in [0.15, 0.2) is 0 Å². The van der Waals surface area contributed by atoms with E-state index in [0.29, 0.717) is 13.1 Å². The van der Waals surface area contributed by atoms with Gasteiger partial charge in [0, 0.05) is 18.3 Å². The largest absolute Gasteiger partial charge is 0.461 e. The van der Waals surface area contributed by atoms with E-state index in [-0.39, 0.29) is 36.2 Å². The van der Waals surface area contributed by atoms with Gasteiger partial charge in [-0.05, 0) is 24.8 Å². The van der Waals surface area contributed by atoms with Crippen LogP contribution in [0.1, 0.15) is 25.8 Å². The van der Waals surface area contributed by atoms with Gasteiger partial charge in [-0.25, -0.2) is 0 Å². The summed E-state index contributed by atoms with van der Waals surface area (Å²) in [5.41, 5.74) is 0.977. The SMILES string of the molecule is C=CCOC(=O)[C@@H]1[C@@H]2CC(C)C3(S2)C(C(=O)N(CC=C)Cc2ccccc2)N([C@H](C)CO)C(=O)[C@H]13. The van der Waals surface area contributed by atoms with E-state index < -0.39 is 34.6 Å². The van der Waals surface area contributed by atoms with Gasteiger partial charge in [0.05, 0.1) is 29.2 Å². The lowest BCUT2D eigenvalue weighted by atomic mass is 9.66. The highest BCUT2D eigenvalue weighted by molar-refractivity contribution is 8.02. The molecule has 1 N–H and O–H groups in total. The minimum atomic E-state index is -0.784. The molecule has 3 aliphatic heterocycles. The first kappa shape index (κ1) is 25.5. The highest BCUT2D eigenvalue weighted by Gasteiger charge is 2.76. The second-order valence-corrected chi connectivity index (χ2v) is 11.3. The molecule has 4 rings (SSSR count). The van der Waals surface area contributed by atoms with Crippen LogP contribution < -0.4 is 0 Å². The maximum absolute atomic E-state index is 14.3. The first-order chi connectivity index (χ1) is 16.8. The summed E-state index contributed by atoms with van der Waals surface area (Å²) in [4.78, 5) is 44.6. The van der Waals surface area contributed by atoms with Gasteiger partial charge in [0.1, 0.15) is 12.6 Å². The van der Waals surface area contributed by atoms with Gasteiger partial charge in [0.25, 0.3) is 0 Å². The van der Waals surface area contributed by atoms with Crippen molar-refractivity contribution >= 4 is 29.5 Å². The maximum Gasteiger partial charge on any atom is 0.311 e. The first-order valence-electron chi connectivity index (χ1n) is 12.1. The normalized spacial score (nSPS) is 31.7. The second kappa shape index (κ2) is 10.2. The molecule has 2 bridgehead atoms. The Hall–Kier alpha value is -2.58. The smallest absolute Gasteiger partial charge is 0.311 e. The van der Waals surface area contributed by atoms with Gasteiger partial charge in [-0.1, -0.05) is 56.0 Å². The number of hydrogen-bond donors (Lipinski definition) is 1. The quantitative estimate of drug-likeness (QED) is 0.394. The van der Waals surface area contributed by atoms with Crippen LogP contribution in [-0.2, 0) is 25.7 Å². The molecule has 3 heterocycles. The average Bonchev–Trinajstić information content (AvgIpc) is 3.45. The van der Waals surface area contributed by atoms with E-state index in [2.05, 4.69) is 20.1 Å². The summed E-state index contributed by atoms with van der Waals surface area (Å²) in [5, 5.41) is 9.95. The average molecular weight is 499 g/mol. The Balaban J connectivity index is 1.76. The molecule has 0 aromatic heterocycles. The fourth-order valence-corrected chi connectivity index (χ4v) is 8.56. The molecule has 35 heavy (non-hydrogen) atoms. The number of amides is 2. The molecule has 3 unspecified atom stereocenters. The number of aliphatic hydroxyl groups excluding tert-OH is 1. The Labute approximate surface area is 211 Å². The summed E-state index contributed by atoms with van der Waals surface area (Å²) >= 11 is 1.60. The van der Waals surface area contributed by atoms with Crippen molar-refractivity contribution in [2.45, 2.75) is 48.9 Å². The predicted molar refractivity (Wildman–Crippen MR) is 135 cm³/mol. The number of thioether (sulfide) groups is 1. The van der Waals surface area contributed by atoms with Crippen LogP contribution in [0.2, 0.25) is 0 Å². The molecule has 0 radical (unpaired) electrons. The Morgan fingerprint density at radius 1 is 1.31 bits per heavy atom. The van der Waals surface area contributed by atoms with Crippen LogP contribution in [0.15, 0.2) is 55.6 Å². The van der Waals surface area contributed by atoms with Crippen LogP contribution in [0.5, 0.6) is 0 Å². The molecule has 0 saturated carbocycles. The molecule has 8 heteroatoms. The van der Waals surface area contributed by atoms with E-state index in [1.54, 1.807) is 34.6 Å². The highest BCUT2D eigenvalue weighted by Crippen LogP contribution is 2.69.